The molecule has 0 saturated carbocycles. The van der Waals surface area contributed by atoms with Crippen molar-refractivity contribution in [3.05, 3.63) is 64.7 Å². The van der Waals surface area contributed by atoms with Crippen molar-refractivity contribution in [3.8, 4) is 0 Å². The van der Waals surface area contributed by atoms with Gasteiger partial charge in [0, 0.05) is 22.0 Å². The van der Waals surface area contributed by atoms with Crippen molar-refractivity contribution in [2.75, 3.05) is 0 Å². The van der Waals surface area contributed by atoms with E-state index in [-0.39, 0.29) is 10.7 Å². The van der Waals surface area contributed by atoms with E-state index in [1.165, 1.54) is 27.1 Å². The number of thioether (sulfide) groups is 1. The average Bonchev–Trinajstić information content (AvgIpc) is 2.56. The molecule has 2 aromatic carbocycles. The molecule has 0 bridgehead atoms. The largest absolute Gasteiger partial charge is 0.299 e. The van der Waals surface area contributed by atoms with Crippen molar-refractivity contribution in [1.82, 2.24) is 0 Å². The molecule has 0 fully saturated rings. The summed E-state index contributed by atoms with van der Waals surface area (Å²) in [5.41, 5.74) is 4.99. The molecule has 0 aliphatic rings. The van der Waals surface area contributed by atoms with Crippen LogP contribution in [0.4, 0.5) is 0 Å². The number of rotatable bonds is 7. The zero-order valence-electron chi connectivity index (χ0n) is 17.9. The molecule has 0 amide bonds. The van der Waals surface area contributed by atoms with Crippen LogP contribution in [0.1, 0.15) is 56.4 Å². The number of carbonyl (C=O) groups is 1. The normalized spacial score (nSPS) is 14.0. The minimum Gasteiger partial charge on any atom is -0.299 e. The van der Waals surface area contributed by atoms with Crippen LogP contribution in [-0.2, 0) is 11.2 Å². The van der Waals surface area contributed by atoms with E-state index >= 15 is 0 Å². The maximum absolute atomic E-state index is 12.8. The molecule has 0 radical (unpaired) electrons. The van der Waals surface area contributed by atoms with Gasteiger partial charge in [0.2, 0.25) is 0 Å². The van der Waals surface area contributed by atoms with E-state index in [9.17, 15) is 4.79 Å². The quantitative estimate of drug-likeness (QED) is 0.482. The predicted molar refractivity (Wildman–Crippen MR) is 119 cm³/mol. The third kappa shape index (κ3) is 6.24. The Bertz CT molecular complexity index is 748. The Morgan fingerprint density at radius 3 is 2.07 bits per heavy atom. The van der Waals surface area contributed by atoms with Crippen LogP contribution in [0.15, 0.2) is 47.4 Å². The first-order chi connectivity index (χ1) is 12.6. The lowest BCUT2D eigenvalue weighted by Crippen LogP contribution is -2.28. The van der Waals surface area contributed by atoms with E-state index in [1.807, 2.05) is 32.5 Å². The van der Waals surface area contributed by atoms with Gasteiger partial charge in [0.1, 0.15) is 5.78 Å². The van der Waals surface area contributed by atoms with Gasteiger partial charge in [-0.05, 0) is 49.8 Å². The van der Waals surface area contributed by atoms with E-state index in [0.29, 0.717) is 18.1 Å². The second-order valence-electron chi connectivity index (χ2n) is 8.93. The molecule has 27 heavy (non-hydrogen) atoms. The number of ketones is 1. The van der Waals surface area contributed by atoms with Crippen molar-refractivity contribution < 1.29 is 4.79 Å². The molecule has 0 aliphatic carbocycles. The number of hydrogen-bond acceptors (Lipinski definition) is 2. The highest BCUT2D eigenvalue weighted by Gasteiger charge is 2.29. The van der Waals surface area contributed by atoms with Gasteiger partial charge in [-0.1, -0.05) is 75.7 Å². The molecule has 0 saturated heterocycles. The third-order valence-corrected chi connectivity index (χ3v) is 6.95. The molecular formula is C25H34OS. The zero-order valence-corrected chi connectivity index (χ0v) is 18.7. The van der Waals surface area contributed by atoms with Crippen molar-refractivity contribution in [2.24, 2.45) is 11.3 Å². The molecule has 1 nitrogen and oxygen atoms in total. The zero-order chi connectivity index (χ0) is 20.2. The highest BCUT2D eigenvalue weighted by molar-refractivity contribution is 8.00. The first-order valence-corrected chi connectivity index (χ1v) is 10.8. The van der Waals surface area contributed by atoms with E-state index in [4.69, 9.17) is 0 Å². The fourth-order valence-corrected chi connectivity index (χ4v) is 4.82. The van der Waals surface area contributed by atoms with Crippen molar-refractivity contribution in [2.45, 2.75) is 71.5 Å². The third-order valence-electron chi connectivity index (χ3n) is 5.13. The van der Waals surface area contributed by atoms with Crippen LogP contribution >= 0.6 is 11.8 Å². The van der Waals surface area contributed by atoms with Crippen LogP contribution in [0.25, 0.3) is 0 Å². The van der Waals surface area contributed by atoms with Crippen molar-refractivity contribution in [1.29, 1.82) is 0 Å². The summed E-state index contributed by atoms with van der Waals surface area (Å²) in [6.07, 6.45) is 1.62. The lowest BCUT2D eigenvalue weighted by atomic mass is 9.85. The first-order valence-electron chi connectivity index (χ1n) is 9.89. The number of hydrogen-bond donors (Lipinski definition) is 0. The second kappa shape index (κ2) is 9.10. The molecule has 2 rings (SSSR count). The summed E-state index contributed by atoms with van der Waals surface area (Å²) in [7, 11) is 0. The van der Waals surface area contributed by atoms with Crippen LogP contribution in [-0.4, -0.2) is 11.0 Å². The lowest BCUT2D eigenvalue weighted by molar-refractivity contribution is -0.126. The highest BCUT2D eigenvalue weighted by Crippen LogP contribution is 2.38. The summed E-state index contributed by atoms with van der Waals surface area (Å²) >= 11 is 1.90. The minimum absolute atomic E-state index is 0.275. The predicted octanol–water partition coefficient (Wildman–Crippen LogP) is 6.96. The van der Waals surface area contributed by atoms with Crippen LogP contribution in [0.2, 0.25) is 0 Å². The molecule has 0 unspecified atom stereocenters. The smallest absolute Gasteiger partial charge is 0.139 e. The van der Waals surface area contributed by atoms with Gasteiger partial charge in [-0.25, -0.2) is 0 Å². The van der Waals surface area contributed by atoms with E-state index in [1.54, 1.807) is 0 Å². The van der Waals surface area contributed by atoms with Crippen LogP contribution < -0.4 is 0 Å². The van der Waals surface area contributed by atoms with Crippen molar-refractivity contribution >= 4 is 17.5 Å². The minimum atomic E-state index is -0.289. The molecule has 0 aromatic heterocycles. The first kappa shape index (κ1) is 21.8. The Morgan fingerprint density at radius 2 is 1.56 bits per heavy atom. The van der Waals surface area contributed by atoms with Crippen LogP contribution in [0, 0.1) is 32.1 Å². The molecular weight excluding hydrogens is 348 g/mol. The molecule has 2 heteroatoms. The average molecular weight is 383 g/mol. The maximum Gasteiger partial charge on any atom is 0.139 e. The highest BCUT2D eigenvalue weighted by atomic mass is 32.2. The molecule has 0 aliphatic heterocycles. The Labute approximate surface area is 170 Å². The Balaban J connectivity index is 2.28. The van der Waals surface area contributed by atoms with Gasteiger partial charge < -0.3 is 0 Å². The summed E-state index contributed by atoms with van der Waals surface area (Å²) < 4.78 is 0. The van der Waals surface area contributed by atoms with Crippen molar-refractivity contribution in [3.63, 3.8) is 0 Å². The fourth-order valence-electron chi connectivity index (χ4n) is 3.47. The Hall–Kier alpha value is -1.54. The summed E-state index contributed by atoms with van der Waals surface area (Å²) in [6.45, 7) is 14.9. The van der Waals surface area contributed by atoms with Gasteiger partial charge in [-0.2, -0.15) is 0 Å². The topological polar surface area (TPSA) is 17.1 Å². The Kier molecular flexibility index (Phi) is 7.33. The van der Waals surface area contributed by atoms with Gasteiger partial charge >= 0.3 is 0 Å². The monoisotopic (exact) mass is 382 g/mol. The number of carbonyl (C=O) groups excluding carboxylic acids is 1. The van der Waals surface area contributed by atoms with Gasteiger partial charge in [0.15, 0.2) is 0 Å². The molecule has 0 spiro atoms. The molecule has 0 N–H and O–H groups in total. The number of Topliss-reactive ketones (excluding diaryl/α,β-unsaturated/α-hetero) is 1. The summed E-state index contributed by atoms with van der Waals surface area (Å²) in [5, 5.41) is 0.275. The van der Waals surface area contributed by atoms with E-state index < -0.39 is 0 Å². The lowest BCUT2D eigenvalue weighted by Gasteiger charge is -2.28. The van der Waals surface area contributed by atoms with Gasteiger partial charge in [-0.15, -0.1) is 11.8 Å². The van der Waals surface area contributed by atoms with E-state index in [2.05, 4.69) is 70.2 Å². The number of aryl methyl sites for hydroxylation is 3. The summed E-state index contributed by atoms with van der Waals surface area (Å²) in [4.78, 5) is 14.2. The SMILES string of the molecule is Cc1cc(C)c(S[C@@H](CC(=O)C(C)(C)C)[C@H](C)Cc2ccccc2)c(C)c1. The van der Waals surface area contributed by atoms with Crippen LogP contribution in [0.5, 0.6) is 0 Å². The fraction of sp³-hybridized carbons (Fsp3) is 0.480. The molecule has 2 aromatic rings. The molecule has 146 valence electrons. The molecule has 2 atom stereocenters. The standard InChI is InChI=1S/C25H34OS/c1-17-13-19(3)24(20(4)14-17)27-22(16-23(26)25(5,6)7)18(2)15-21-11-9-8-10-12-21/h8-14,18,22H,15-16H2,1-7H3/t18-,22+/m1/s1. The van der Waals surface area contributed by atoms with Crippen LogP contribution in [0.3, 0.4) is 0 Å². The summed E-state index contributed by atoms with van der Waals surface area (Å²) in [6, 6.07) is 15.1. The maximum atomic E-state index is 12.8. The number of benzene rings is 2. The van der Waals surface area contributed by atoms with E-state index in [0.717, 1.165) is 6.42 Å². The second-order valence-corrected chi connectivity index (χ2v) is 10.2. The molecule has 0 heterocycles. The van der Waals surface area contributed by atoms with Gasteiger partial charge in [-0.3, -0.25) is 4.79 Å². The van der Waals surface area contributed by atoms with Gasteiger partial charge in [0.25, 0.3) is 0 Å². The van der Waals surface area contributed by atoms with Gasteiger partial charge in [0.05, 0.1) is 0 Å². The summed E-state index contributed by atoms with van der Waals surface area (Å²) in [5.74, 6) is 0.770. The Morgan fingerprint density at radius 1 is 1.00 bits per heavy atom.